The Balaban J connectivity index is 1.51. The first-order chi connectivity index (χ1) is 12.1. The first-order valence-electron chi connectivity index (χ1n) is 7.91. The number of amides is 1. The van der Waals surface area contributed by atoms with Crippen LogP contribution in [0.15, 0.2) is 43.0 Å². The Hall–Kier alpha value is -3.22. The third-order valence-electron chi connectivity index (χ3n) is 4.28. The van der Waals surface area contributed by atoms with E-state index in [1.807, 2.05) is 11.3 Å². The molecule has 0 atom stereocenters. The third-order valence-corrected chi connectivity index (χ3v) is 4.28. The smallest absolute Gasteiger partial charge is 0.224 e. The fourth-order valence-corrected chi connectivity index (χ4v) is 3.02. The van der Waals surface area contributed by atoms with E-state index in [1.165, 1.54) is 12.1 Å². The third kappa shape index (κ3) is 2.84. The number of fused-ring (bicyclic) bond motifs is 2. The zero-order chi connectivity index (χ0) is 17.4. The second kappa shape index (κ2) is 6.01. The van der Waals surface area contributed by atoms with Crippen molar-refractivity contribution in [3.05, 3.63) is 65.8 Å². The van der Waals surface area contributed by atoms with Gasteiger partial charge in [0.2, 0.25) is 5.91 Å². The molecule has 0 aliphatic heterocycles. The molecule has 7 heteroatoms. The molecular formula is C18H16FN5O. The first-order valence-corrected chi connectivity index (χ1v) is 7.91. The van der Waals surface area contributed by atoms with Crippen molar-refractivity contribution in [1.82, 2.24) is 24.7 Å². The number of aryl methyl sites for hydroxylation is 1. The number of nitrogens with one attached hydrogen (secondary N) is 2. The summed E-state index contributed by atoms with van der Waals surface area (Å²) in [4.78, 5) is 23.8. The Morgan fingerprint density at radius 3 is 3.12 bits per heavy atom. The van der Waals surface area contributed by atoms with Gasteiger partial charge in [-0.15, -0.1) is 0 Å². The first kappa shape index (κ1) is 15.3. The molecule has 25 heavy (non-hydrogen) atoms. The highest BCUT2D eigenvalue weighted by Crippen LogP contribution is 2.23. The summed E-state index contributed by atoms with van der Waals surface area (Å²) in [6.07, 6.45) is 7.03. The van der Waals surface area contributed by atoms with Gasteiger partial charge in [0, 0.05) is 29.0 Å². The van der Waals surface area contributed by atoms with Crippen LogP contribution in [0.25, 0.3) is 16.6 Å². The molecule has 0 fully saturated rings. The molecule has 0 radical (unpaired) electrons. The van der Waals surface area contributed by atoms with E-state index in [4.69, 9.17) is 0 Å². The van der Waals surface area contributed by atoms with E-state index >= 15 is 0 Å². The molecule has 4 aromatic rings. The summed E-state index contributed by atoms with van der Waals surface area (Å²) in [5.41, 5.74) is 4.11. The van der Waals surface area contributed by atoms with Gasteiger partial charge in [-0.2, -0.15) is 0 Å². The lowest BCUT2D eigenvalue weighted by molar-refractivity contribution is -0.120. The lowest BCUT2D eigenvalue weighted by Crippen LogP contribution is -2.25. The number of carbonyl (C=O) groups is 1. The second-order valence-corrected chi connectivity index (χ2v) is 5.93. The maximum absolute atomic E-state index is 13.5. The Morgan fingerprint density at radius 1 is 1.36 bits per heavy atom. The number of benzene rings is 1. The van der Waals surface area contributed by atoms with Gasteiger partial charge in [-0.25, -0.2) is 9.37 Å². The van der Waals surface area contributed by atoms with Crippen molar-refractivity contribution >= 4 is 22.5 Å². The van der Waals surface area contributed by atoms with Crippen LogP contribution in [0.5, 0.6) is 0 Å². The van der Waals surface area contributed by atoms with E-state index < -0.39 is 0 Å². The van der Waals surface area contributed by atoms with Crippen LogP contribution >= 0.6 is 0 Å². The van der Waals surface area contributed by atoms with Gasteiger partial charge < -0.3 is 10.3 Å². The molecule has 3 heterocycles. The van der Waals surface area contributed by atoms with Gasteiger partial charge in [0.1, 0.15) is 5.82 Å². The molecule has 1 amide bonds. The number of H-pyrrole nitrogens is 1. The van der Waals surface area contributed by atoms with E-state index in [9.17, 15) is 9.18 Å². The number of imidazole rings is 1. The molecule has 2 N–H and O–H groups in total. The Labute approximate surface area is 142 Å². The van der Waals surface area contributed by atoms with Crippen LogP contribution in [0.4, 0.5) is 4.39 Å². The molecule has 0 aliphatic carbocycles. The predicted molar refractivity (Wildman–Crippen MR) is 91.5 cm³/mol. The highest BCUT2D eigenvalue weighted by Gasteiger charge is 2.13. The number of aromatic amines is 1. The molecule has 6 nitrogen and oxygen atoms in total. The van der Waals surface area contributed by atoms with Crippen LogP contribution in [-0.4, -0.2) is 25.3 Å². The van der Waals surface area contributed by atoms with Crippen molar-refractivity contribution < 1.29 is 9.18 Å². The molecule has 1 aromatic carbocycles. The largest absolute Gasteiger partial charge is 0.358 e. The number of hydrogen-bond acceptors (Lipinski definition) is 3. The molecule has 0 saturated heterocycles. The molecule has 0 unspecified atom stereocenters. The molecule has 0 bridgehead atoms. The summed E-state index contributed by atoms with van der Waals surface area (Å²) in [6.45, 7) is 2.25. The molecule has 3 aromatic heterocycles. The van der Waals surface area contributed by atoms with Crippen LogP contribution in [0.1, 0.15) is 17.0 Å². The minimum atomic E-state index is -0.313. The van der Waals surface area contributed by atoms with Gasteiger partial charge >= 0.3 is 0 Å². The van der Waals surface area contributed by atoms with E-state index in [2.05, 4.69) is 20.3 Å². The number of carbonyl (C=O) groups excluding carboxylic acids is 1. The van der Waals surface area contributed by atoms with Crippen molar-refractivity contribution in [1.29, 1.82) is 0 Å². The van der Waals surface area contributed by atoms with Crippen molar-refractivity contribution in [3.8, 4) is 0 Å². The lowest BCUT2D eigenvalue weighted by atomic mass is 10.1. The zero-order valence-corrected chi connectivity index (χ0v) is 13.6. The molecule has 0 spiro atoms. The van der Waals surface area contributed by atoms with Crippen molar-refractivity contribution in [3.63, 3.8) is 0 Å². The van der Waals surface area contributed by atoms with Gasteiger partial charge in [-0.05, 0) is 30.7 Å². The molecule has 0 saturated carbocycles. The SMILES string of the molecule is Cc1[nH]c2ccc(F)cc2c1CC(=O)NCc1cnc2cnccn12. The Bertz CT molecular complexity index is 1080. The molecule has 4 rings (SSSR count). The number of nitrogens with zero attached hydrogens (tertiary/aromatic N) is 3. The van der Waals surface area contributed by atoms with E-state index in [0.29, 0.717) is 6.54 Å². The number of hydrogen-bond donors (Lipinski definition) is 2. The fraction of sp³-hybridized carbons (Fsp3) is 0.167. The van der Waals surface area contributed by atoms with Crippen molar-refractivity contribution in [2.75, 3.05) is 0 Å². The maximum Gasteiger partial charge on any atom is 0.224 e. The van der Waals surface area contributed by atoms with Gasteiger partial charge in [0.15, 0.2) is 5.65 Å². The highest BCUT2D eigenvalue weighted by atomic mass is 19.1. The summed E-state index contributed by atoms with van der Waals surface area (Å²) < 4.78 is 15.4. The van der Waals surface area contributed by atoms with E-state index in [0.717, 1.165) is 33.5 Å². The maximum atomic E-state index is 13.5. The lowest BCUT2D eigenvalue weighted by Gasteiger charge is -2.06. The monoisotopic (exact) mass is 337 g/mol. The van der Waals surface area contributed by atoms with Gasteiger partial charge in [0.05, 0.1) is 31.1 Å². The average Bonchev–Trinajstić information content (AvgIpc) is 3.15. The van der Waals surface area contributed by atoms with Crippen molar-refractivity contribution in [2.24, 2.45) is 0 Å². The fourth-order valence-electron chi connectivity index (χ4n) is 3.02. The number of aromatic nitrogens is 4. The number of rotatable bonds is 4. The topological polar surface area (TPSA) is 75.1 Å². The normalized spacial score (nSPS) is 11.3. The molecular weight excluding hydrogens is 321 g/mol. The summed E-state index contributed by atoms with van der Waals surface area (Å²) in [6, 6.07) is 4.55. The van der Waals surface area contributed by atoms with E-state index in [-0.39, 0.29) is 18.1 Å². The van der Waals surface area contributed by atoms with Crippen LogP contribution < -0.4 is 5.32 Å². The van der Waals surface area contributed by atoms with Gasteiger partial charge in [0.25, 0.3) is 0 Å². The second-order valence-electron chi connectivity index (χ2n) is 5.93. The minimum absolute atomic E-state index is 0.128. The Kier molecular flexibility index (Phi) is 3.68. The van der Waals surface area contributed by atoms with Crippen molar-refractivity contribution in [2.45, 2.75) is 19.9 Å². The van der Waals surface area contributed by atoms with Gasteiger partial charge in [-0.3, -0.25) is 14.2 Å². The van der Waals surface area contributed by atoms with E-state index in [1.54, 1.807) is 30.9 Å². The van der Waals surface area contributed by atoms with Crippen LogP contribution in [0.3, 0.4) is 0 Å². The summed E-state index contributed by atoms with van der Waals surface area (Å²) in [5, 5.41) is 3.64. The summed E-state index contributed by atoms with van der Waals surface area (Å²) >= 11 is 0. The van der Waals surface area contributed by atoms with Crippen LogP contribution in [-0.2, 0) is 17.8 Å². The molecule has 0 aliphatic rings. The Morgan fingerprint density at radius 2 is 2.24 bits per heavy atom. The predicted octanol–water partition coefficient (Wildman–Crippen LogP) is 2.52. The minimum Gasteiger partial charge on any atom is -0.358 e. The summed E-state index contributed by atoms with van der Waals surface area (Å²) in [5.74, 6) is -0.440. The van der Waals surface area contributed by atoms with Crippen LogP contribution in [0, 0.1) is 12.7 Å². The average molecular weight is 337 g/mol. The quantitative estimate of drug-likeness (QED) is 0.601. The van der Waals surface area contributed by atoms with Crippen LogP contribution in [0.2, 0.25) is 0 Å². The molecule has 126 valence electrons. The number of halogens is 1. The summed E-state index contributed by atoms with van der Waals surface area (Å²) in [7, 11) is 0. The van der Waals surface area contributed by atoms with Gasteiger partial charge in [-0.1, -0.05) is 0 Å². The highest BCUT2D eigenvalue weighted by molar-refractivity contribution is 5.90. The zero-order valence-electron chi connectivity index (χ0n) is 13.6. The standard InChI is InChI=1S/C18H16FN5O/c1-11-14(15-6-12(19)2-3-16(15)23-11)7-18(25)22-9-13-8-21-17-10-20-4-5-24(13)17/h2-6,8,10,23H,7,9H2,1H3,(H,22,25).